The molecule has 1 heterocycles. The molecule has 1 aromatic rings. The fourth-order valence-electron chi connectivity index (χ4n) is 2.37. The van der Waals surface area contributed by atoms with Gasteiger partial charge in [-0.25, -0.2) is 0 Å². The van der Waals surface area contributed by atoms with Crippen molar-refractivity contribution in [3.63, 3.8) is 0 Å². The molecule has 1 saturated heterocycles. The zero-order valence-electron chi connectivity index (χ0n) is 12.5. The van der Waals surface area contributed by atoms with Crippen LogP contribution in [0.2, 0.25) is 0 Å². The maximum Gasteiger partial charge on any atom is 0.258 e. The van der Waals surface area contributed by atoms with Crippen LogP contribution in [-0.2, 0) is 9.53 Å². The van der Waals surface area contributed by atoms with Crippen molar-refractivity contribution in [2.45, 2.75) is 39.7 Å². The van der Waals surface area contributed by atoms with Crippen LogP contribution >= 0.6 is 0 Å². The van der Waals surface area contributed by atoms with Crippen molar-refractivity contribution >= 4 is 5.91 Å². The molecule has 0 aliphatic carbocycles. The zero-order valence-corrected chi connectivity index (χ0v) is 12.5. The Morgan fingerprint density at radius 1 is 1.35 bits per heavy atom. The molecular weight excluding hydrogens is 254 g/mol. The first-order valence-electron chi connectivity index (χ1n) is 7.16. The van der Waals surface area contributed by atoms with E-state index in [9.17, 15) is 4.79 Å². The molecule has 1 fully saturated rings. The lowest BCUT2D eigenvalue weighted by Crippen LogP contribution is -2.35. The smallest absolute Gasteiger partial charge is 0.258 e. The first kappa shape index (κ1) is 14.9. The highest BCUT2D eigenvalue weighted by molar-refractivity contribution is 5.77. The summed E-state index contributed by atoms with van der Waals surface area (Å²) >= 11 is 0. The molecule has 0 spiro atoms. The van der Waals surface area contributed by atoms with Gasteiger partial charge in [-0.3, -0.25) is 4.79 Å². The number of rotatable bonds is 5. The number of ether oxygens (including phenoxy) is 2. The van der Waals surface area contributed by atoms with Crippen LogP contribution in [0.3, 0.4) is 0 Å². The molecule has 0 bridgehead atoms. The van der Waals surface area contributed by atoms with Gasteiger partial charge in [-0.2, -0.15) is 0 Å². The second-order valence-corrected chi connectivity index (χ2v) is 5.38. The van der Waals surface area contributed by atoms with Gasteiger partial charge in [0.2, 0.25) is 0 Å². The normalized spacial score (nSPS) is 18.1. The molecule has 4 heteroatoms. The van der Waals surface area contributed by atoms with Crippen LogP contribution in [0.25, 0.3) is 0 Å². The van der Waals surface area contributed by atoms with E-state index < -0.39 is 0 Å². The molecular formula is C16H23NO3. The largest absolute Gasteiger partial charge is 0.483 e. The monoisotopic (exact) mass is 277 g/mol. The van der Waals surface area contributed by atoms with E-state index in [2.05, 4.69) is 11.4 Å². The van der Waals surface area contributed by atoms with E-state index in [-0.39, 0.29) is 18.6 Å². The molecule has 0 radical (unpaired) electrons. The molecule has 1 amide bonds. The van der Waals surface area contributed by atoms with E-state index in [1.807, 2.05) is 26.8 Å². The van der Waals surface area contributed by atoms with Crippen LogP contribution in [0.4, 0.5) is 0 Å². The molecule has 1 unspecified atom stereocenters. The van der Waals surface area contributed by atoms with Crippen LogP contribution in [0, 0.1) is 20.8 Å². The molecule has 0 saturated carbocycles. The summed E-state index contributed by atoms with van der Waals surface area (Å²) in [6, 6.07) is 4.08. The predicted octanol–water partition coefficient (Wildman–Crippen LogP) is 2.29. The van der Waals surface area contributed by atoms with E-state index in [0.717, 1.165) is 36.3 Å². The Morgan fingerprint density at radius 3 is 2.80 bits per heavy atom. The Morgan fingerprint density at radius 2 is 2.10 bits per heavy atom. The maximum atomic E-state index is 11.8. The lowest BCUT2D eigenvalue weighted by Gasteiger charge is -2.15. The van der Waals surface area contributed by atoms with Crippen molar-refractivity contribution in [1.29, 1.82) is 0 Å². The van der Waals surface area contributed by atoms with E-state index in [0.29, 0.717) is 6.54 Å². The first-order chi connectivity index (χ1) is 9.58. The standard InChI is InChI=1S/C16H23NO3/c1-11-6-7-12(2)16(13(11)3)20-10-15(18)17-9-14-5-4-8-19-14/h6-7,14H,4-5,8-10H2,1-3H3,(H,17,18). The Bertz CT molecular complexity index is 479. The van der Waals surface area contributed by atoms with Crippen molar-refractivity contribution in [2.75, 3.05) is 19.8 Å². The number of nitrogens with one attached hydrogen (secondary N) is 1. The lowest BCUT2D eigenvalue weighted by molar-refractivity contribution is -0.123. The molecule has 110 valence electrons. The summed E-state index contributed by atoms with van der Waals surface area (Å²) in [5.74, 6) is 0.720. The number of carbonyl (C=O) groups excluding carboxylic acids is 1. The first-order valence-corrected chi connectivity index (χ1v) is 7.16. The van der Waals surface area contributed by atoms with Crippen LogP contribution in [-0.4, -0.2) is 31.8 Å². The van der Waals surface area contributed by atoms with Gasteiger partial charge in [-0.05, 0) is 50.3 Å². The van der Waals surface area contributed by atoms with E-state index in [1.54, 1.807) is 0 Å². The van der Waals surface area contributed by atoms with Crippen molar-refractivity contribution in [3.05, 3.63) is 28.8 Å². The highest BCUT2D eigenvalue weighted by Gasteiger charge is 2.16. The van der Waals surface area contributed by atoms with Crippen LogP contribution < -0.4 is 10.1 Å². The second-order valence-electron chi connectivity index (χ2n) is 5.38. The highest BCUT2D eigenvalue weighted by atomic mass is 16.5. The van der Waals surface area contributed by atoms with Crippen molar-refractivity contribution in [2.24, 2.45) is 0 Å². The summed E-state index contributed by atoms with van der Waals surface area (Å²) in [5, 5.41) is 2.86. The SMILES string of the molecule is Cc1ccc(C)c(OCC(=O)NCC2CCCO2)c1C. The molecule has 1 aromatic carbocycles. The maximum absolute atomic E-state index is 11.8. The van der Waals surface area contributed by atoms with E-state index in [4.69, 9.17) is 9.47 Å². The zero-order chi connectivity index (χ0) is 14.5. The number of aryl methyl sites for hydroxylation is 2. The summed E-state index contributed by atoms with van der Waals surface area (Å²) in [4.78, 5) is 11.8. The minimum atomic E-state index is -0.0965. The predicted molar refractivity (Wildman–Crippen MR) is 78.1 cm³/mol. The van der Waals surface area contributed by atoms with E-state index >= 15 is 0 Å². The molecule has 1 atom stereocenters. The molecule has 1 aliphatic rings. The van der Waals surface area contributed by atoms with Crippen LogP contribution in [0.15, 0.2) is 12.1 Å². The third-order valence-corrected chi connectivity index (χ3v) is 3.77. The van der Waals surface area contributed by atoms with Crippen molar-refractivity contribution in [1.82, 2.24) is 5.32 Å². The number of amides is 1. The Labute approximate surface area is 120 Å². The molecule has 2 rings (SSSR count). The number of carbonyl (C=O) groups is 1. The summed E-state index contributed by atoms with van der Waals surface area (Å²) in [7, 11) is 0. The molecule has 20 heavy (non-hydrogen) atoms. The summed E-state index contributed by atoms with van der Waals surface area (Å²) in [6.07, 6.45) is 2.28. The van der Waals surface area contributed by atoms with Gasteiger partial charge >= 0.3 is 0 Å². The second kappa shape index (κ2) is 6.75. The summed E-state index contributed by atoms with van der Waals surface area (Å²) in [6.45, 7) is 7.48. The molecule has 1 aliphatic heterocycles. The van der Waals surface area contributed by atoms with Gasteiger partial charge in [0.15, 0.2) is 6.61 Å². The molecule has 4 nitrogen and oxygen atoms in total. The van der Waals surface area contributed by atoms with Gasteiger partial charge in [-0.15, -0.1) is 0 Å². The Balaban J connectivity index is 1.82. The Hall–Kier alpha value is -1.55. The topological polar surface area (TPSA) is 47.6 Å². The number of hydrogen-bond acceptors (Lipinski definition) is 3. The average molecular weight is 277 g/mol. The average Bonchev–Trinajstić information content (AvgIpc) is 2.94. The minimum Gasteiger partial charge on any atom is -0.483 e. The fraction of sp³-hybridized carbons (Fsp3) is 0.562. The van der Waals surface area contributed by atoms with Gasteiger partial charge in [0.1, 0.15) is 5.75 Å². The highest BCUT2D eigenvalue weighted by Crippen LogP contribution is 2.25. The van der Waals surface area contributed by atoms with Crippen LogP contribution in [0.1, 0.15) is 29.5 Å². The van der Waals surface area contributed by atoms with Gasteiger partial charge in [0.05, 0.1) is 6.10 Å². The van der Waals surface area contributed by atoms with Gasteiger partial charge in [0, 0.05) is 13.2 Å². The minimum absolute atomic E-state index is 0.0534. The van der Waals surface area contributed by atoms with Crippen LogP contribution in [0.5, 0.6) is 5.75 Å². The Kier molecular flexibility index (Phi) is 5.01. The third kappa shape index (κ3) is 3.73. The quantitative estimate of drug-likeness (QED) is 0.898. The molecule has 1 N–H and O–H groups in total. The molecule has 0 aromatic heterocycles. The fourth-order valence-corrected chi connectivity index (χ4v) is 2.37. The van der Waals surface area contributed by atoms with Gasteiger partial charge < -0.3 is 14.8 Å². The van der Waals surface area contributed by atoms with Gasteiger partial charge in [0.25, 0.3) is 5.91 Å². The van der Waals surface area contributed by atoms with E-state index in [1.165, 1.54) is 5.56 Å². The number of benzene rings is 1. The number of hydrogen-bond donors (Lipinski definition) is 1. The van der Waals surface area contributed by atoms with Crippen molar-refractivity contribution < 1.29 is 14.3 Å². The van der Waals surface area contributed by atoms with Crippen molar-refractivity contribution in [3.8, 4) is 5.75 Å². The third-order valence-electron chi connectivity index (χ3n) is 3.77. The summed E-state index contributed by atoms with van der Waals surface area (Å²) in [5.41, 5.74) is 3.32. The van der Waals surface area contributed by atoms with Gasteiger partial charge in [-0.1, -0.05) is 12.1 Å². The summed E-state index contributed by atoms with van der Waals surface area (Å²) < 4.78 is 11.1. The lowest BCUT2D eigenvalue weighted by atomic mass is 10.1.